The van der Waals surface area contributed by atoms with Crippen LogP contribution < -0.4 is 9.47 Å². The molecule has 26 heavy (non-hydrogen) atoms. The Morgan fingerprint density at radius 3 is 2.77 bits per heavy atom. The molecule has 1 aromatic heterocycles. The summed E-state index contributed by atoms with van der Waals surface area (Å²) in [6.07, 6.45) is -1.72. The summed E-state index contributed by atoms with van der Waals surface area (Å²) in [5, 5.41) is 0.636. The second-order valence-corrected chi connectivity index (χ2v) is 6.47. The van der Waals surface area contributed by atoms with E-state index >= 15 is 0 Å². The molecule has 2 aliphatic heterocycles. The summed E-state index contributed by atoms with van der Waals surface area (Å²) < 4.78 is 37.6. The molecule has 0 saturated carbocycles. The van der Waals surface area contributed by atoms with Gasteiger partial charge in [0.25, 0.3) is 0 Å². The third kappa shape index (κ3) is 2.37. The fourth-order valence-electron chi connectivity index (χ4n) is 3.26. The van der Waals surface area contributed by atoms with Crippen molar-refractivity contribution in [1.29, 1.82) is 0 Å². The van der Waals surface area contributed by atoms with Crippen LogP contribution in [-0.2, 0) is 6.54 Å². The Morgan fingerprint density at radius 2 is 1.88 bits per heavy atom. The van der Waals surface area contributed by atoms with Gasteiger partial charge in [-0.15, -0.1) is 8.78 Å². The van der Waals surface area contributed by atoms with Crippen molar-refractivity contribution in [3.8, 4) is 17.2 Å². The number of alkyl halides is 2. The van der Waals surface area contributed by atoms with Crippen LogP contribution in [0.3, 0.4) is 0 Å². The molecule has 2 aromatic carbocycles. The summed E-state index contributed by atoms with van der Waals surface area (Å²) in [7, 11) is 0. The van der Waals surface area contributed by atoms with E-state index in [2.05, 4.69) is 9.47 Å². The minimum atomic E-state index is -3.64. The van der Waals surface area contributed by atoms with Gasteiger partial charge in [0.05, 0.1) is 23.6 Å². The second kappa shape index (κ2) is 5.32. The molecule has 0 atom stereocenters. The van der Waals surface area contributed by atoms with Crippen LogP contribution in [0.2, 0.25) is 5.02 Å². The Kier molecular flexibility index (Phi) is 3.15. The van der Waals surface area contributed by atoms with Gasteiger partial charge in [-0.05, 0) is 48.0 Å². The fraction of sp³-hybridized carbons (Fsp3) is 0.105. The Bertz CT molecular complexity index is 1080. The van der Waals surface area contributed by atoms with Crippen molar-refractivity contribution in [1.82, 2.24) is 4.57 Å². The standard InChI is InChI=1S/C19H11ClF2N2O2/c20-13-5-3-12-10-23-18(14-2-1-7-24(14)15(12)9-13)11-4-6-16-17(8-11)26-19(21,22)25-16/h1-9H,10H2. The van der Waals surface area contributed by atoms with Gasteiger partial charge in [-0.2, -0.15) is 0 Å². The second-order valence-electron chi connectivity index (χ2n) is 6.03. The van der Waals surface area contributed by atoms with Crippen molar-refractivity contribution in [2.75, 3.05) is 0 Å². The molecule has 7 heteroatoms. The number of hydrogen-bond donors (Lipinski definition) is 0. The zero-order valence-electron chi connectivity index (χ0n) is 13.2. The van der Waals surface area contributed by atoms with Gasteiger partial charge >= 0.3 is 6.29 Å². The summed E-state index contributed by atoms with van der Waals surface area (Å²) in [6.45, 7) is 0.452. The number of rotatable bonds is 1. The molecule has 0 spiro atoms. The molecule has 0 fully saturated rings. The van der Waals surface area contributed by atoms with E-state index in [4.69, 9.17) is 16.6 Å². The number of fused-ring (bicyclic) bond motifs is 4. The number of benzene rings is 2. The van der Waals surface area contributed by atoms with Crippen molar-refractivity contribution in [2.24, 2.45) is 4.99 Å². The van der Waals surface area contributed by atoms with Crippen molar-refractivity contribution in [2.45, 2.75) is 12.8 Å². The van der Waals surface area contributed by atoms with Crippen LogP contribution in [0.4, 0.5) is 8.78 Å². The summed E-state index contributed by atoms with van der Waals surface area (Å²) in [4.78, 5) is 4.71. The Morgan fingerprint density at radius 1 is 1.04 bits per heavy atom. The van der Waals surface area contributed by atoms with Crippen LogP contribution in [0.25, 0.3) is 5.69 Å². The predicted molar refractivity (Wildman–Crippen MR) is 92.8 cm³/mol. The topological polar surface area (TPSA) is 35.8 Å². The molecule has 0 amide bonds. The molecule has 5 rings (SSSR count). The van der Waals surface area contributed by atoms with Gasteiger partial charge in [0.1, 0.15) is 0 Å². The Hall–Kier alpha value is -2.86. The minimum absolute atomic E-state index is 0.00175. The monoisotopic (exact) mass is 372 g/mol. The van der Waals surface area contributed by atoms with E-state index in [1.807, 2.05) is 41.1 Å². The first kappa shape index (κ1) is 15.4. The van der Waals surface area contributed by atoms with Gasteiger partial charge in [-0.3, -0.25) is 4.99 Å². The summed E-state index contributed by atoms with van der Waals surface area (Å²) in [5.74, 6) is 0.0107. The van der Waals surface area contributed by atoms with Crippen molar-refractivity contribution in [3.63, 3.8) is 0 Å². The van der Waals surface area contributed by atoms with Gasteiger partial charge in [-0.1, -0.05) is 17.7 Å². The highest BCUT2D eigenvalue weighted by molar-refractivity contribution is 6.30. The Labute approximate surface area is 152 Å². The average molecular weight is 373 g/mol. The number of aliphatic imine (C=N–C) groups is 1. The lowest BCUT2D eigenvalue weighted by Crippen LogP contribution is -2.25. The number of ether oxygens (including phenoxy) is 2. The zero-order valence-corrected chi connectivity index (χ0v) is 14.0. The summed E-state index contributed by atoms with van der Waals surface area (Å²) in [5.41, 5.74) is 4.17. The van der Waals surface area contributed by atoms with Crippen LogP contribution >= 0.6 is 11.6 Å². The van der Waals surface area contributed by atoms with Crippen LogP contribution in [0.5, 0.6) is 11.5 Å². The zero-order chi connectivity index (χ0) is 17.9. The van der Waals surface area contributed by atoms with Gasteiger partial charge < -0.3 is 14.0 Å². The van der Waals surface area contributed by atoms with Gasteiger partial charge in [0.15, 0.2) is 11.5 Å². The van der Waals surface area contributed by atoms with Gasteiger partial charge in [0, 0.05) is 16.8 Å². The van der Waals surface area contributed by atoms with E-state index in [1.165, 1.54) is 12.1 Å². The quantitative estimate of drug-likeness (QED) is 0.615. The molecule has 3 heterocycles. The first-order valence-corrected chi connectivity index (χ1v) is 8.29. The third-order valence-corrected chi connectivity index (χ3v) is 4.62. The maximum Gasteiger partial charge on any atom is 0.586 e. The van der Waals surface area contributed by atoms with E-state index in [9.17, 15) is 8.78 Å². The number of aromatic nitrogens is 1. The number of halogens is 3. The highest BCUT2D eigenvalue weighted by Gasteiger charge is 2.43. The molecular formula is C19H11ClF2N2O2. The van der Waals surface area contributed by atoms with E-state index < -0.39 is 6.29 Å². The van der Waals surface area contributed by atoms with E-state index in [-0.39, 0.29) is 11.5 Å². The molecule has 3 aromatic rings. The molecule has 4 nitrogen and oxygen atoms in total. The highest BCUT2D eigenvalue weighted by atomic mass is 35.5. The molecule has 0 bridgehead atoms. The SMILES string of the molecule is FC1(F)Oc2ccc(C3=NCc4ccc(Cl)cc4-n4cccc43)cc2O1. The van der Waals surface area contributed by atoms with Crippen LogP contribution in [0.15, 0.2) is 59.7 Å². The van der Waals surface area contributed by atoms with E-state index in [0.717, 1.165) is 16.9 Å². The summed E-state index contributed by atoms with van der Waals surface area (Å²) >= 11 is 6.16. The van der Waals surface area contributed by atoms with E-state index in [0.29, 0.717) is 22.8 Å². The lowest BCUT2D eigenvalue weighted by molar-refractivity contribution is -0.286. The lowest BCUT2D eigenvalue weighted by atomic mass is 10.1. The maximum absolute atomic E-state index is 13.3. The smallest absolute Gasteiger partial charge is 0.395 e. The first-order chi connectivity index (χ1) is 12.5. The molecule has 0 unspecified atom stereocenters. The number of hydrogen-bond acceptors (Lipinski definition) is 3. The Balaban J connectivity index is 1.64. The van der Waals surface area contributed by atoms with Gasteiger partial charge in [0.2, 0.25) is 0 Å². The van der Waals surface area contributed by atoms with Crippen molar-refractivity contribution >= 4 is 17.3 Å². The van der Waals surface area contributed by atoms with Crippen LogP contribution in [-0.4, -0.2) is 16.6 Å². The normalized spacial score (nSPS) is 16.5. The molecule has 0 saturated heterocycles. The highest BCUT2D eigenvalue weighted by Crippen LogP contribution is 2.41. The number of nitrogens with zero attached hydrogens (tertiary/aromatic N) is 2. The molecule has 0 radical (unpaired) electrons. The minimum Gasteiger partial charge on any atom is -0.395 e. The fourth-order valence-corrected chi connectivity index (χ4v) is 3.43. The van der Waals surface area contributed by atoms with Crippen LogP contribution in [0.1, 0.15) is 16.8 Å². The molecule has 130 valence electrons. The summed E-state index contributed by atoms with van der Waals surface area (Å²) in [6, 6.07) is 14.2. The van der Waals surface area contributed by atoms with Gasteiger partial charge in [-0.25, -0.2) is 0 Å². The van der Waals surface area contributed by atoms with Crippen molar-refractivity contribution in [3.05, 3.63) is 76.6 Å². The lowest BCUT2D eigenvalue weighted by Gasteiger charge is -2.11. The van der Waals surface area contributed by atoms with Crippen LogP contribution in [0, 0.1) is 0 Å². The van der Waals surface area contributed by atoms with E-state index in [1.54, 1.807) is 6.07 Å². The predicted octanol–water partition coefficient (Wildman–Crippen LogP) is 4.80. The van der Waals surface area contributed by atoms with Crippen molar-refractivity contribution < 1.29 is 18.3 Å². The molecule has 0 N–H and O–H groups in total. The maximum atomic E-state index is 13.3. The molecule has 0 aliphatic carbocycles. The average Bonchev–Trinajstić information content (AvgIpc) is 3.15. The first-order valence-electron chi connectivity index (χ1n) is 7.91. The third-order valence-electron chi connectivity index (χ3n) is 4.38. The molecule has 2 aliphatic rings. The largest absolute Gasteiger partial charge is 0.586 e. The molecular weight excluding hydrogens is 362 g/mol.